The van der Waals surface area contributed by atoms with E-state index in [1.807, 2.05) is 0 Å². The average molecular weight is 278 g/mol. The van der Waals surface area contributed by atoms with E-state index in [0.29, 0.717) is 0 Å². The highest BCUT2D eigenvalue weighted by molar-refractivity contribution is 7.92. The smallest absolute Gasteiger partial charge is 0.356 e. The van der Waals surface area contributed by atoms with Crippen LogP contribution in [-0.2, 0) is 14.6 Å². The molecule has 0 aromatic carbocycles. The van der Waals surface area contributed by atoms with Crippen LogP contribution in [0.25, 0.3) is 0 Å². The Hall–Kier alpha value is -1.14. The molecule has 17 heavy (non-hydrogen) atoms. The summed E-state index contributed by atoms with van der Waals surface area (Å²) >= 11 is 5.53. The second-order valence-corrected chi connectivity index (χ2v) is 6.05. The van der Waals surface area contributed by atoms with Gasteiger partial charge in [-0.25, -0.2) is 18.2 Å². The SMILES string of the molecule is COC(=O)c1cc(S(=O)(=O)C(C)CCl)ccn1. The van der Waals surface area contributed by atoms with E-state index in [9.17, 15) is 13.2 Å². The van der Waals surface area contributed by atoms with Crippen molar-refractivity contribution in [3.05, 3.63) is 24.0 Å². The van der Waals surface area contributed by atoms with Gasteiger partial charge >= 0.3 is 5.97 Å². The number of halogens is 1. The molecular formula is C10H12ClNO4S. The topological polar surface area (TPSA) is 73.3 Å². The minimum atomic E-state index is -3.53. The number of rotatable bonds is 4. The first-order valence-corrected chi connectivity index (χ1v) is 6.85. The maximum absolute atomic E-state index is 12.0. The Morgan fingerprint density at radius 3 is 2.76 bits per heavy atom. The Bertz CT molecular complexity index is 515. The van der Waals surface area contributed by atoms with Gasteiger partial charge in [-0.15, -0.1) is 11.6 Å². The van der Waals surface area contributed by atoms with E-state index in [1.54, 1.807) is 0 Å². The lowest BCUT2D eigenvalue weighted by Gasteiger charge is -2.10. The van der Waals surface area contributed by atoms with Gasteiger partial charge in [-0.3, -0.25) is 0 Å². The monoisotopic (exact) mass is 277 g/mol. The van der Waals surface area contributed by atoms with Crippen LogP contribution in [0, 0.1) is 0 Å². The summed E-state index contributed by atoms with van der Waals surface area (Å²) in [5.41, 5.74) is -0.0460. The van der Waals surface area contributed by atoms with E-state index in [4.69, 9.17) is 11.6 Å². The van der Waals surface area contributed by atoms with E-state index in [1.165, 1.54) is 32.4 Å². The number of ether oxygens (including phenoxy) is 1. The summed E-state index contributed by atoms with van der Waals surface area (Å²) in [5.74, 6) is -0.696. The molecule has 1 unspecified atom stereocenters. The van der Waals surface area contributed by atoms with Gasteiger partial charge in [0.05, 0.1) is 17.3 Å². The molecule has 0 spiro atoms. The van der Waals surface area contributed by atoms with Crippen LogP contribution >= 0.6 is 11.6 Å². The molecule has 1 atom stereocenters. The van der Waals surface area contributed by atoms with Crippen molar-refractivity contribution in [2.24, 2.45) is 0 Å². The number of methoxy groups -OCH3 is 1. The van der Waals surface area contributed by atoms with Gasteiger partial charge in [-0.05, 0) is 19.1 Å². The number of esters is 1. The van der Waals surface area contributed by atoms with Crippen molar-refractivity contribution in [3.8, 4) is 0 Å². The maximum Gasteiger partial charge on any atom is 0.356 e. The standard InChI is InChI=1S/C10H12ClNO4S/c1-7(6-11)17(14,15)8-3-4-12-9(5-8)10(13)16-2/h3-5,7H,6H2,1-2H3. The molecule has 1 heterocycles. The first-order valence-electron chi connectivity index (χ1n) is 4.77. The largest absolute Gasteiger partial charge is 0.464 e. The normalized spacial score (nSPS) is 13.1. The zero-order valence-electron chi connectivity index (χ0n) is 9.38. The van der Waals surface area contributed by atoms with Gasteiger partial charge in [0.25, 0.3) is 0 Å². The van der Waals surface area contributed by atoms with Crippen LogP contribution in [0.15, 0.2) is 23.2 Å². The fourth-order valence-corrected chi connectivity index (χ4v) is 2.77. The van der Waals surface area contributed by atoms with Crippen molar-refractivity contribution in [2.75, 3.05) is 13.0 Å². The number of pyridine rings is 1. The van der Waals surface area contributed by atoms with Crippen molar-refractivity contribution >= 4 is 27.4 Å². The molecule has 1 aromatic rings. The molecule has 94 valence electrons. The quantitative estimate of drug-likeness (QED) is 0.612. The number of hydrogen-bond donors (Lipinski definition) is 0. The summed E-state index contributed by atoms with van der Waals surface area (Å²) in [7, 11) is -2.33. The number of carbonyl (C=O) groups is 1. The third-order valence-corrected chi connectivity index (χ3v) is 4.98. The molecule has 0 aliphatic rings. The first-order chi connectivity index (χ1) is 7.93. The lowest BCUT2D eigenvalue weighted by molar-refractivity contribution is 0.0593. The molecule has 0 fully saturated rings. The molecule has 0 aliphatic heterocycles. The van der Waals surface area contributed by atoms with Gasteiger partial charge in [0, 0.05) is 12.1 Å². The van der Waals surface area contributed by atoms with Crippen LogP contribution in [0.1, 0.15) is 17.4 Å². The van der Waals surface area contributed by atoms with E-state index < -0.39 is 21.1 Å². The summed E-state index contributed by atoms with van der Waals surface area (Å²) in [6.45, 7) is 1.50. The first kappa shape index (κ1) is 13.9. The van der Waals surface area contributed by atoms with Crippen molar-refractivity contribution in [2.45, 2.75) is 17.1 Å². The van der Waals surface area contributed by atoms with Gasteiger partial charge in [-0.2, -0.15) is 0 Å². The molecule has 1 rings (SSSR count). The Labute approximate surface area is 105 Å². The number of carbonyl (C=O) groups excluding carboxylic acids is 1. The lowest BCUT2D eigenvalue weighted by Crippen LogP contribution is -2.20. The molecule has 0 aliphatic carbocycles. The lowest BCUT2D eigenvalue weighted by atomic mass is 10.3. The van der Waals surface area contributed by atoms with Crippen LogP contribution < -0.4 is 0 Å². The zero-order chi connectivity index (χ0) is 13.1. The highest BCUT2D eigenvalue weighted by atomic mass is 35.5. The number of aromatic nitrogens is 1. The summed E-state index contributed by atoms with van der Waals surface area (Å²) in [5, 5.41) is -0.725. The molecule has 0 saturated heterocycles. The van der Waals surface area contributed by atoms with Crippen molar-refractivity contribution in [3.63, 3.8) is 0 Å². The van der Waals surface area contributed by atoms with Crippen LogP contribution in [0.5, 0.6) is 0 Å². The summed E-state index contributed by atoms with van der Waals surface area (Å²) in [6, 6.07) is 2.51. The highest BCUT2D eigenvalue weighted by Gasteiger charge is 2.23. The predicted molar refractivity (Wildman–Crippen MR) is 62.9 cm³/mol. The van der Waals surface area contributed by atoms with E-state index in [0.717, 1.165) is 0 Å². The molecular weight excluding hydrogens is 266 g/mol. The van der Waals surface area contributed by atoms with E-state index in [-0.39, 0.29) is 16.5 Å². The third kappa shape index (κ3) is 2.95. The Morgan fingerprint density at radius 1 is 1.59 bits per heavy atom. The second-order valence-electron chi connectivity index (χ2n) is 3.38. The number of alkyl halides is 1. The van der Waals surface area contributed by atoms with Gasteiger partial charge in [0.2, 0.25) is 0 Å². The van der Waals surface area contributed by atoms with Crippen LogP contribution in [0.2, 0.25) is 0 Å². The number of nitrogens with zero attached hydrogens (tertiary/aromatic N) is 1. The Balaban J connectivity index is 3.21. The molecule has 7 heteroatoms. The molecule has 0 N–H and O–H groups in total. The number of hydrogen-bond acceptors (Lipinski definition) is 5. The third-order valence-electron chi connectivity index (χ3n) is 2.20. The minimum Gasteiger partial charge on any atom is -0.464 e. The van der Waals surface area contributed by atoms with Crippen molar-refractivity contribution < 1.29 is 17.9 Å². The molecule has 0 radical (unpaired) electrons. The number of sulfone groups is 1. The Kier molecular flexibility index (Phi) is 4.47. The van der Waals surface area contributed by atoms with Crippen LogP contribution in [-0.4, -0.2) is 37.6 Å². The second kappa shape index (κ2) is 5.46. The fourth-order valence-electron chi connectivity index (χ4n) is 1.12. The van der Waals surface area contributed by atoms with Gasteiger partial charge < -0.3 is 4.74 Å². The van der Waals surface area contributed by atoms with Crippen molar-refractivity contribution in [1.29, 1.82) is 0 Å². The molecule has 5 nitrogen and oxygen atoms in total. The Morgan fingerprint density at radius 2 is 2.24 bits per heavy atom. The van der Waals surface area contributed by atoms with Gasteiger partial charge in [0.15, 0.2) is 9.84 Å². The van der Waals surface area contributed by atoms with Gasteiger partial charge in [0.1, 0.15) is 5.69 Å². The molecule has 0 bridgehead atoms. The average Bonchev–Trinajstić information content (AvgIpc) is 2.36. The van der Waals surface area contributed by atoms with Gasteiger partial charge in [-0.1, -0.05) is 0 Å². The van der Waals surface area contributed by atoms with Crippen molar-refractivity contribution in [1.82, 2.24) is 4.98 Å². The fraction of sp³-hybridized carbons (Fsp3) is 0.400. The minimum absolute atomic E-state index is 0.0149. The highest BCUT2D eigenvalue weighted by Crippen LogP contribution is 2.17. The molecule has 0 saturated carbocycles. The zero-order valence-corrected chi connectivity index (χ0v) is 11.0. The van der Waals surface area contributed by atoms with Crippen LogP contribution in [0.4, 0.5) is 0 Å². The molecule has 1 aromatic heterocycles. The molecule has 0 amide bonds. The van der Waals surface area contributed by atoms with E-state index in [2.05, 4.69) is 9.72 Å². The summed E-state index contributed by atoms with van der Waals surface area (Å²) < 4.78 is 28.4. The summed E-state index contributed by atoms with van der Waals surface area (Å²) in [4.78, 5) is 15.0. The predicted octanol–water partition coefficient (Wildman–Crippen LogP) is 1.27. The summed E-state index contributed by atoms with van der Waals surface area (Å²) in [6.07, 6.45) is 1.25. The van der Waals surface area contributed by atoms with E-state index >= 15 is 0 Å². The van der Waals surface area contributed by atoms with Crippen LogP contribution in [0.3, 0.4) is 0 Å². The maximum atomic E-state index is 12.0.